The lowest BCUT2D eigenvalue weighted by Crippen LogP contribution is -2.41. The molecule has 6 nitrogen and oxygen atoms in total. The maximum atomic E-state index is 14.7. The molecule has 0 bridgehead atoms. The van der Waals surface area contributed by atoms with Crippen LogP contribution in [0.1, 0.15) is 79.8 Å². The number of benzene rings is 1. The molecule has 1 N–H and O–H groups in total. The quantitative estimate of drug-likeness (QED) is 0.256. The molecule has 3 heterocycles. The van der Waals surface area contributed by atoms with Gasteiger partial charge in [0.2, 0.25) is 0 Å². The highest BCUT2D eigenvalue weighted by Crippen LogP contribution is 2.52. The van der Waals surface area contributed by atoms with E-state index in [4.69, 9.17) is 0 Å². The lowest BCUT2D eigenvalue weighted by Gasteiger charge is -2.46. The number of aromatic nitrogens is 4. The van der Waals surface area contributed by atoms with Crippen molar-refractivity contribution in [1.82, 2.24) is 19.3 Å². The van der Waals surface area contributed by atoms with E-state index >= 15 is 0 Å². The molecule has 11 heteroatoms. The highest BCUT2D eigenvalue weighted by atomic mass is 19.3. The third-order valence-electron chi connectivity index (χ3n) is 7.77. The molecule has 4 aromatic rings. The summed E-state index contributed by atoms with van der Waals surface area (Å²) in [6.45, 7) is 2.61. The van der Waals surface area contributed by atoms with Gasteiger partial charge in [0.25, 0.3) is 12.0 Å². The van der Waals surface area contributed by atoms with Crippen molar-refractivity contribution in [2.75, 3.05) is 5.32 Å². The second-order valence-corrected chi connectivity index (χ2v) is 10.6. The fourth-order valence-corrected chi connectivity index (χ4v) is 5.76. The van der Waals surface area contributed by atoms with Gasteiger partial charge in [0.1, 0.15) is 11.5 Å². The summed E-state index contributed by atoms with van der Waals surface area (Å²) in [4.78, 5) is 17.3. The molecular weight excluding hydrogens is 517 g/mol. The molecule has 1 saturated carbocycles. The summed E-state index contributed by atoms with van der Waals surface area (Å²) in [5.41, 5.74) is 1.24. The number of anilines is 1. The zero-order valence-electron chi connectivity index (χ0n) is 21.9. The van der Waals surface area contributed by atoms with Crippen LogP contribution < -0.4 is 10.9 Å². The molecule has 1 aliphatic carbocycles. The van der Waals surface area contributed by atoms with Gasteiger partial charge in [-0.15, -0.1) is 0 Å². The molecule has 5 rings (SSSR count). The van der Waals surface area contributed by atoms with Crippen LogP contribution in [0.5, 0.6) is 0 Å². The minimum Gasteiger partial charge on any atom is -0.377 e. The Bertz CT molecular complexity index is 1610. The molecule has 0 unspecified atom stereocenters. The van der Waals surface area contributed by atoms with Gasteiger partial charge in [-0.3, -0.25) is 4.79 Å². The molecule has 1 fully saturated rings. The first-order valence-electron chi connectivity index (χ1n) is 12.6. The van der Waals surface area contributed by atoms with Gasteiger partial charge < -0.3 is 9.88 Å². The maximum Gasteiger partial charge on any atom is 0.333 e. The highest BCUT2D eigenvalue weighted by molar-refractivity contribution is 5.86. The predicted molar refractivity (Wildman–Crippen MR) is 138 cm³/mol. The SMILES string of the molecule is Cc1ccc(N[C@H](C)c2cc(F)cc3c(=O)n(C)c(C4(C)CC(c5cnn(C(F)F)c5)C4)cc23)c(C(F)F)n1. The van der Waals surface area contributed by atoms with Crippen molar-refractivity contribution < 1.29 is 22.0 Å². The van der Waals surface area contributed by atoms with Gasteiger partial charge >= 0.3 is 6.55 Å². The Labute approximate surface area is 221 Å². The van der Waals surface area contributed by atoms with Crippen LogP contribution in [0.4, 0.5) is 27.6 Å². The lowest BCUT2D eigenvalue weighted by molar-refractivity contribution is 0.0564. The smallest absolute Gasteiger partial charge is 0.333 e. The van der Waals surface area contributed by atoms with Gasteiger partial charge in [0.15, 0.2) is 0 Å². The molecule has 0 radical (unpaired) electrons. The van der Waals surface area contributed by atoms with Crippen LogP contribution in [0.15, 0.2) is 47.5 Å². The number of alkyl halides is 4. The van der Waals surface area contributed by atoms with Crippen LogP contribution in [0, 0.1) is 12.7 Å². The van der Waals surface area contributed by atoms with E-state index in [-0.39, 0.29) is 22.6 Å². The van der Waals surface area contributed by atoms with E-state index in [2.05, 4.69) is 15.4 Å². The summed E-state index contributed by atoms with van der Waals surface area (Å²) in [6, 6.07) is 6.82. The van der Waals surface area contributed by atoms with Crippen molar-refractivity contribution in [3.8, 4) is 0 Å². The zero-order valence-corrected chi connectivity index (χ0v) is 21.9. The topological polar surface area (TPSA) is 64.7 Å². The first kappa shape index (κ1) is 26.8. The maximum absolute atomic E-state index is 14.7. The average molecular weight is 546 g/mol. The summed E-state index contributed by atoms with van der Waals surface area (Å²) in [7, 11) is 1.63. The average Bonchev–Trinajstić information content (AvgIpc) is 3.35. The number of fused-ring (bicyclic) bond motifs is 1. The van der Waals surface area contributed by atoms with E-state index in [0.717, 1.165) is 5.69 Å². The van der Waals surface area contributed by atoms with Gasteiger partial charge in [0, 0.05) is 36.1 Å². The molecule has 1 aromatic carbocycles. The highest BCUT2D eigenvalue weighted by Gasteiger charge is 2.44. The predicted octanol–water partition coefficient (Wildman–Crippen LogP) is 6.92. The number of hydrogen-bond acceptors (Lipinski definition) is 4. The van der Waals surface area contributed by atoms with Crippen LogP contribution in [0.25, 0.3) is 10.8 Å². The van der Waals surface area contributed by atoms with Crippen molar-refractivity contribution in [2.24, 2.45) is 7.05 Å². The van der Waals surface area contributed by atoms with Crippen LogP contribution in [-0.2, 0) is 12.5 Å². The minimum absolute atomic E-state index is 0.00313. The number of pyridine rings is 2. The number of nitrogens with zero attached hydrogens (tertiary/aromatic N) is 4. The van der Waals surface area contributed by atoms with Gasteiger partial charge in [-0.1, -0.05) is 6.92 Å². The molecule has 206 valence electrons. The van der Waals surface area contributed by atoms with E-state index in [1.54, 1.807) is 27.0 Å². The lowest BCUT2D eigenvalue weighted by atomic mass is 9.59. The molecule has 3 aromatic heterocycles. The largest absolute Gasteiger partial charge is 0.377 e. The van der Waals surface area contributed by atoms with Crippen LogP contribution >= 0.6 is 0 Å². The van der Waals surface area contributed by atoms with Gasteiger partial charge in [-0.05, 0) is 79.5 Å². The Balaban J connectivity index is 1.52. The number of aryl methyl sites for hydroxylation is 1. The normalized spacial score (nSPS) is 20.0. The third-order valence-corrected chi connectivity index (χ3v) is 7.77. The summed E-state index contributed by atoms with van der Waals surface area (Å²) >= 11 is 0. The van der Waals surface area contributed by atoms with Gasteiger partial charge in [-0.2, -0.15) is 13.9 Å². The standard InChI is InChI=1S/C28H28F5N5O/c1-14-5-6-22(24(35-14)25(30)31)36-15(2)19-7-18(29)8-21-20(19)9-23(37(4)26(21)39)28(3)10-16(11-28)17-12-34-38(13-17)27(32)33/h5-9,12-13,15-16,25,27,36H,10-11H2,1-4H3/t15-,16?,28?/m1/s1. The van der Waals surface area contributed by atoms with Crippen LogP contribution in [-0.4, -0.2) is 19.3 Å². The Morgan fingerprint density at radius 2 is 1.82 bits per heavy atom. The molecule has 0 aliphatic heterocycles. The Morgan fingerprint density at radius 3 is 2.46 bits per heavy atom. The third kappa shape index (κ3) is 4.79. The minimum atomic E-state index is -2.80. The molecule has 0 amide bonds. The first-order chi connectivity index (χ1) is 18.4. The van der Waals surface area contributed by atoms with Crippen LogP contribution in [0.2, 0.25) is 0 Å². The van der Waals surface area contributed by atoms with Crippen molar-refractivity contribution >= 4 is 16.5 Å². The summed E-state index contributed by atoms with van der Waals surface area (Å²) < 4.78 is 70.1. The summed E-state index contributed by atoms with van der Waals surface area (Å²) in [6.07, 6.45) is 1.20. The number of nitrogens with one attached hydrogen (secondary N) is 1. The van der Waals surface area contributed by atoms with E-state index in [0.29, 0.717) is 39.7 Å². The van der Waals surface area contributed by atoms with Crippen molar-refractivity contribution in [2.45, 2.75) is 64.0 Å². The van der Waals surface area contributed by atoms with Crippen LogP contribution in [0.3, 0.4) is 0 Å². The van der Waals surface area contributed by atoms with Gasteiger partial charge in [0.05, 0.1) is 17.3 Å². The second-order valence-electron chi connectivity index (χ2n) is 10.6. The van der Waals surface area contributed by atoms with E-state index in [1.165, 1.54) is 35.2 Å². The molecule has 0 saturated heterocycles. The number of rotatable bonds is 7. The number of hydrogen-bond donors (Lipinski definition) is 1. The van der Waals surface area contributed by atoms with E-state index in [1.807, 2.05) is 13.0 Å². The van der Waals surface area contributed by atoms with Crippen molar-refractivity contribution in [1.29, 1.82) is 0 Å². The monoisotopic (exact) mass is 545 g/mol. The fourth-order valence-electron chi connectivity index (χ4n) is 5.76. The second kappa shape index (κ2) is 9.77. The number of halogens is 5. The molecule has 1 aliphatic rings. The van der Waals surface area contributed by atoms with Crippen molar-refractivity contribution in [3.63, 3.8) is 0 Å². The molecule has 0 spiro atoms. The van der Waals surface area contributed by atoms with E-state index in [9.17, 15) is 26.7 Å². The Kier molecular flexibility index (Phi) is 6.72. The molecular formula is C28H28F5N5O. The van der Waals surface area contributed by atoms with E-state index < -0.39 is 35.9 Å². The Hall–Kier alpha value is -3.76. The first-order valence-corrected chi connectivity index (χ1v) is 12.6. The summed E-state index contributed by atoms with van der Waals surface area (Å²) in [5, 5.41) is 7.45. The zero-order chi connectivity index (χ0) is 28.2. The summed E-state index contributed by atoms with van der Waals surface area (Å²) in [5.74, 6) is -0.610. The fraction of sp³-hybridized carbons (Fsp3) is 0.393. The molecule has 39 heavy (non-hydrogen) atoms. The van der Waals surface area contributed by atoms with Gasteiger partial charge in [-0.25, -0.2) is 22.8 Å². The molecule has 1 atom stereocenters. The Morgan fingerprint density at radius 1 is 1.10 bits per heavy atom. The van der Waals surface area contributed by atoms with Crippen molar-refractivity contribution in [3.05, 3.63) is 87.1 Å².